The average Bonchev–Trinajstić information content (AvgIpc) is 2.81. The molecule has 8 heteroatoms. The molecule has 1 unspecified atom stereocenters. The Bertz CT molecular complexity index is 1140. The summed E-state index contributed by atoms with van der Waals surface area (Å²) in [6.45, 7) is 4.43. The number of ether oxygens (including phenoxy) is 1. The molecule has 5 nitrogen and oxygen atoms in total. The summed E-state index contributed by atoms with van der Waals surface area (Å²) in [6, 6.07) is 17.0. The number of hydrogen-bond acceptors (Lipinski definition) is 3. The number of halogens is 2. The van der Waals surface area contributed by atoms with E-state index in [1.807, 2.05) is 6.92 Å². The van der Waals surface area contributed by atoms with E-state index >= 15 is 0 Å². The molecular formula is C26H27F2N3O2S. The second kappa shape index (κ2) is 12.1. The highest BCUT2D eigenvalue weighted by molar-refractivity contribution is 7.80. The Morgan fingerprint density at radius 1 is 1.03 bits per heavy atom. The van der Waals surface area contributed by atoms with Gasteiger partial charge in [-0.2, -0.15) is 0 Å². The van der Waals surface area contributed by atoms with Crippen LogP contribution in [0.15, 0.2) is 66.7 Å². The molecule has 1 amide bonds. The van der Waals surface area contributed by atoms with E-state index in [9.17, 15) is 13.6 Å². The smallest absolute Gasteiger partial charge is 0.258 e. The van der Waals surface area contributed by atoms with E-state index < -0.39 is 11.7 Å². The molecule has 0 fully saturated rings. The molecule has 3 rings (SSSR count). The molecule has 34 heavy (non-hydrogen) atoms. The van der Waals surface area contributed by atoms with Gasteiger partial charge in [-0.05, 0) is 67.5 Å². The molecule has 178 valence electrons. The number of amides is 1. The highest BCUT2D eigenvalue weighted by atomic mass is 32.1. The number of carbonyl (C=O) groups is 1. The SMILES string of the molecule is CCCCOc1cc(NC(=S)NC(C)c2ccc(F)cc2)ccc1NC(=O)c1ccccc1F. The van der Waals surface area contributed by atoms with Crippen LogP contribution in [0, 0.1) is 11.6 Å². The maximum atomic E-state index is 14.0. The number of thiocarbonyl (C=S) groups is 1. The molecule has 0 saturated heterocycles. The van der Waals surface area contributed by atoms with Crippen LogP contribution in [-0.2, 0) is 0 Å². The first-order chi connectivity index (χ1) is 16.4. The van der Waals surface area contributed by atoms with Crippen LogP contribution < -0.4 is 20.7 Å². The highest BCUT2D eigenvalue weighted by Crippen LogP contribution is 2.29. The fourth-order valence-corrected chi connectivity index (χ4v) is 3.48. The Hall–Kier alpha value is -3.52. The molecule has 3 aromatic carbocycles. The lowest BCUT2D eigenvalue weighted by Gasteiger charge is -2.19. The molecule has 0 heterocycles. The van der Waals surface area contributed by atoms with Gasteiger partial charge >= 0.3 is 0 Å². The minimum absolute atomic E-state index is 0.0515. The van der Waals surface area contributed by atoms with Crippen molar-refractivity contribution in [2.45, 2.75) is 32.7 Å². The molecule has 0 aliphatic heterocycles. The van der Waals surface area contributed by atoms with Gasteiger partial charge in [0.05, 0.1) is 23.9 Å². The number of hydrogen-bond donors (Lipinski definition) is 3. The normalized spacial score (nSPS) is 11.4. The lowest BCUT2D eigenvalue weighted by atomic mass is 10.1. The van der Waals surface area contributed by atoms with Gasteiger partial charge in [0, 0.05) is 11.8 Å². The van der Waals surface area contributed by atoms with Crippen LogP contribution >= 0.6 is 12.2 Å². The van der Waals surface area contributed by atoms with E-state index in [1.54, 1.807) is 36.4 Å². The van der Waals surface area contributed by atoms with Crippen LogP contribution in [0.3, 0.4) is 0 Å². The maximum absolute atomic E-state index is 14.0. The molecule has 0 aliphatic carbocycles. The number of rotatable bonds is 9. The largest absolute Gasteiger partial charge is 0.491 e. The topological polar surface area (TPSA) is 62.4 Å². The summed E-state index contributed by atoms with van der Waals surface area (Å²) in [4.78, 5) is 12.6. The van der Waals surface area contributed by atoms with Crippen LogP contribution in [0.5, 0.6) is 5.75 Å². The van der Waals surface area contributed by atoms with E-state index in [0.717, 1.165) is 18.4 Å². The Labute approximate surface area is 203 Å². The zero-order chi connectivity index (χ0) is 24.5. The van der Waals surface area contributed by atoms with Gasteiger partial charge < -0.3 is 20.7 Å². The molecule has 3 N–H and O–H groups in total. The summed E-state index contributed by atoms with van der Waals surface area (Å²) in [5.74, 6) is -1.02. The molecule has 0 aromatic heterocycles. The van der Waals surface area contributed by atoms with Crippen molar-refractivity contribution >= 4 is 34.6 Å². The van der Waals surface area contributed by atoms with Crippen LogP contribution in [0.2, 0.25) is 0 Å². The number of carbonyl (C=O) groups excluding carboxylic acids is 1. The van der Waals surface area contributed by atoms with Crippen LogP contribution in [0.1, 0.15) is 48.7 Å². The number of benzene rings is 3. The Morgan fingerprint density at radius 2 is 1.76 bits per heavy atom. The maximum Gasteiger partial charge on any atom is 0.258 e. The predicted molar refractivity (Wildman–Crippen MR) is 135 cm³/mol. The first kappa shape index (κ1) is 25.1. The van der Waals surface area contributed by atoms with Crippen molar-refractivity contribution in [2.75, 3.05) is 17.2 Å². The molecular weight excluding hydrogens is 456 g/mol. The summed E-state index contributed by atoms with van der Waals surface area (Å²) in [5, 5.41) is 9.35. The fraction of sp³-hybridized carbons (Fsp3) is 0.231. The van der Waals surface area contributed by atoms with Gasteiger partial charge in [-0.15, -0.1) is 0 Å². The van der Waals surface area contributed by atoms with Crippen molar-refractivity contribution in [1.29, 1.82) is 0 Å². The zero-order valence-electron chi connectivity index (χ0n) is 19.0. The minimum atomic E-state index is -0.599. The molecule has 0 aliphatic rings. The minimum Gasteiger partial charge on any atom is -0.491 e. The lowest BCUT2D eigenvalue weighted by Crippen LogP contribution is -2.30. The summed E-state index contributed by atoms with van der Waals surface area (Å²) in [7, 11) is 0. The summed E-state index contributed by atoms with van der Waals surface area (Å²) in [5.41, 5.74) is 1.91. The van der Waals surface area contributed by atoms with E-state index in [4.69, 9.17) is 17.0 Å². The second-order valence-corrected chi connectivity index (χ2v) is 8.13. The van der Waals surface area contributed by atoms with Gasteiger partial charge in [-0.3, -0.25) is 4.79 Å². The first-order valence-corrected chi connectivity index (χ1v) is 11.4. The molecule has 1 atom stereocenters. The van der Waals surface area contributed by atoms with Crippen molar-refractivity contribution < 1.29 is 18.3 Å². The van der Waals surface area contributed by atoms with Crippen molar-refractivity contribution in [3.05, 3.63) is 89.5 Å². The van der Waals surface area contributed by atoms with Crippen LogP contribution in [-0.4, -0.2) is 17.6 Å². The van der Waals surface area contributed by atoms with Crippen molar-refractivity contribution in [1.82, 2.24) is 5.32 Å². The standard InChI is InChI=1S/C26H27F2N3O2S/c1-3-4-15-33-24-16-20(30-26(34)29-17(2)18-9-11-19(27)12-10-18)13-14-23(24)31-25(32)21-7-5-6-8-22(21)28/h5-14,16-17H,3-4,15H2,1-2H3,(H,31,32)(H2,29,30,34). The van der Waals surface area contributed by atoms with Gasteiger partial charge in [-0.25, -0.2) is 8.78 Å². The van der Waals surface area contributed by atoms with Gasteiger partial charge in [0.15, 0.2) is 5.11 Å². The quantitative estimate of drug-likeness (QED) is 0.241. The number of unbranched alkanes of at least 4 members (excludes halogenated alkanes) is 1. The van der Waals surface area contributed by atoms with Gasteiger partial charge in [0.1, 0.15) is 17.4 Å². The Morgan fingerprint density at radius 3 is 2.47 bits per heavy atom. The molecule has 0 radical (unpaired) electrons. The lowest BCUT2D eigenvalue weighted by molar-refractivity contribution is 0.102. The van der Waals surface area contributed by atoms with E-state index in [2.05, 4.69) is 22.9 Å². The van der Waals surface area contributed by atoms with E-state index in [1.165, 1.54) is 30.3 Å². The zero-order valence-corrected chi connectivity index (χ0v) is 19.8. The predicted octanol–water partition coefficient (Wildman–Crippen LogP) is 6.44. The molecule has 0 spiro atoms. The molecule has 3 aromatic rings. The van der Waals surface area contributed by atoms with Crippen molar-refractivity contribution in [3.8, 4) is 5.75 Å². The van der Waals surface area contributed by atoms with Crippen molar-refractivity contribution in [3.63, 3.8) is 0 Å². The Kier molecular flexibility index (Phi) is 8.93. The van der Waals surface area contributed by atoms with Gasteiger partial charge in [0.25, 0.3) is 5.91 Å². The summed E-state index contributed by atoms with van der Waals surface area (Å²) < 4.78 is 33.0. The van der Waals surface area contributed by atoms with Crippen LogP contribution in [0.4, 0.5) is 20.2 Å². The first-order valence-electron chi connectivity index (χ1n) is 11.0. The third-order valence-corrected chi connectivity index (χ3v) is 5.30. The number of anilines is 2. The summed E-state index contributed by atoms with van der Waals surface area (Å²) >= 11 is 5.42. The van der Waals surface area contributed by atoms with Gasteiger partial charge in [0.2, 0.25) is 0 Å². The van der Waals surface area contributed by atoms with Crippen LogP contribution in [0.25, 0.3) is 0 Å². The highest BCUT2D eigenvalue weighted by Gasteiger charge is 2.15. The van der Waals surface area contributed by atoms with Crippen molar-refractivity contribution in [2.24, 2.45) is 0 Å². The summed E-state index contributed by atoms with van der Waals surface area (Å²) in [6.07, 6.45) is 1.79. The fourth-order valence-electron chi connectivity index (χ4n) is 3.18. The van der Waals surface area contributed by atoms with Gasteiger partial charge in [-0.1, -0.05) is 37.6 Å². The second-order valence-electron chi connectivity index (χ2n) is 7.72. The Balaban J connectivity index is 1.72. The molecule has 0 bridgehead atoms. The van der Waals surface area contributed by atoms with E-state index in [0.29, 0.717) is 28.8 Å². The number of nitrogens with one attached hydrogen (secondary N) is 3. The third-order valence-electron chi connectivity index (χ3n) is 5.08. The molecule has 0 saturated carbocycles. The third kappa shape index (κ3) is 6.99. The average molecular weight is 484 g/mol. The van der Waals surface area contributed by atoms with E-state index in [-0.39, 0.29) is 17.4 Å². The monoisotopic (exact) mass is 483 g/mol.